The molecule has 1 N–H and O–H groups in total. The van der Waals surface area contributed by atoms with Crippen molar-refractivity contribution in [1.82, 2.24) is 9.55 Å². The van der Waals surface area contributed by atoms with Crippen LogP contribution < -0.4 is 0 Å². The van der Waals surface area contributed by atoms with E-state index in [1.165, 1.54) is 0 Å². The molecule has 0 atom stereocenters. The first kappa shape index (κ1) is 22.8. The molecule has 0 aliphatic rings. The molecule has 0 saturated carbocycles. The number of benzene rings is 4. The minimum atomic E-state index is -0.922. The summed E-state index contributed by atoms with van der Waals surface area (Å²) in [6, 6.07) is 31.7. The second-order valence-electron chi connectivity index (χ2n) is 9.26. The number of furan rings is 1. The zero-order chi connectivity index (χ0) is 25.4. The summed E-state index contributed by atoms with van der Waals surface area (Å²) >= 11 is 0. The predicted octanol–water partition coefficient (Wildman–Crippen LogP) is 7.82. The number of fused-ring (bicyclic) bond motifs is 2. The number of nitrogens with zero attached hydrogens (tertiary/aromatic N) is 2. The van der Waals surface area contributed by atoms with Crippen LogP contribution in [0.1, 0.15) is 35.1 Å². The van der Waals surface area contributed by atoms with Crippen LogP contribution in [-0.2, 0) is 13.0 Å². The fourth-order valence-electron chi connectivity index (χ4n) is 4.93. The van der Waals surface area contributed by atoms with Gasteiger partial charge in [0.1, 0.15) is 17.2 Å². The predicted molar refractivity (Wildman–Crippen MR) is 147 cm³/mol. The van der Waals surface area contributed by atoms with Gasteiger partial charge >= 0.3 is 5.97 Å². The van der Waals surface area contributed by atoms with Crippen LogP contribution in [0.2, 0.25) is 0 Å². The minimum Gasteiger partial charge on any atom is -0.478 e. The molecule has 2 heterocycles. The maximum Gasteiger partial charge on any atom is 0.336 e. The van der Waals surface area contributed by atoms with E-state index in [4.69, 9.17) is 9.40 Å². The second-order valence-corrected chi connectivity index (χ2v) is 9.26. The summed E-state index contributed by atoms with van der Waals surface area (Å²) < 4.78 is 8.41. The molecule has 0 aliphatic carbocycles. The molecule has 37 heavy (non-hydrogen) atoms. The largest absolute Gasteiger partial charge is 0.478 e. The summed E-state index contributed by atoms with van der Waals surface area (Å²) in [7, 11) is 0. The van der Waals surface area contributed by atoms with E-state index in [9.17, 15) is 9.90 Å². The van der Waals surface area contributed by atoms with E-state index in [0.29, 0.717) is 12.1 Å². The average Bonchev–Trinajstić information content (AvgIpc) is 3.50. The number of imidazole rings is 1. The number of aromatic carboxylic acids is 1. The Morgan fingerprint density at radius 3 is 2.43 bits per heavy atom. The van der Waals surface area contributed by atoms with Crippen molar-refractivity contribution >= 4 is 28.0 Å². The Balaban J connectivity index is 1.37. The fourth-order valence-corrected chi connectivity index (χ4v) is 4.93. The van der Waals surface area contributed by atoms with Gasteiger partial charge in [0.25, 0.3) is 0 Å². The Labute approximate surface area is 214 Å². The quantitative estimate of drug-likeness (QED) is 0.250. The van der Waals surface area contributed by atoms with Crippen LogP contribution in [0.15, 0.2) is 101 Å². The first-order valence-corrected chi connectivity index (χ1v) is 12.5. The minimum absolute atomic E-state index is 0.305. The Bertz CT molecular complexity index is 1710. The first-order chi connectivity index (χ1) is 18.1. The summed E-state index contributed by atoms with van der Waals surface area (Å²) in [5, 5.41) is 10.6. The summed E-state index contributed by atoms with van der Waals surface area (Å²) in [5.41, 5.74) is 6.98. The number of para-hydroxylation sites is 1. The zero-order valence-corrected chi connectivity index (χ0v) is 20.5. The lowest BCUT2D eigenvalue weighted by atomic mass is 9.99. The molecule has 182 valence electrons. The maximum absolute atomic E-state index is 11.7. The average molecular weight is 487 g/mol. The normalized spacial score (nSPS) is 11.4. The van der Waals surface area contributed by atoms with E-state index in [-0.39, 0.29) is 0 Å². The van der Waals surface area contributed by atoms with Gasteiger partial charge in [-0.1, -0.05) is 67.6 Å². The molecule has 0 fully saturated rings. The number of carboxylic acids is 1. The van der Waals surface area contributed by atoms with Gasteiger partial charge in [0.05, 0.1) is 16.6 Å². The molecule has 0 radical (unpaired) electrons. The molecule has 5 nitrogen and oxygen atoms in total. The van der Waals surface area contributed by atoms with Gasteiger partial charge in [-0.2, -0.15) is 0 Å². The van der Waals surface area contributed by atoms with Crippen molar-refractivity contribution in [2.45, 2.75) is 26.3 Å². The highest BCUT2D eigenvalue weighted by Crippen LogP contribution is 2.31. The van der Waals surface area contributed by atoms with Crippen LogP contribution in [0.5, 0.6) is 0 Å². The second kappa shape index (κ2) is 9.43. The van der Waals surface area contributed by atoms with Crippen molar-refractivity contribution in [2.24, 2.45) is 0 Å². The first-order valence-electron chi connectivity index (χ1n) is 12.5. The van der Waals surface area contributed by atoms with Gasteiger partial charge in [0.15, 0.2) is 0 Å². The van der Waals surface area contributed by atoms with Crippen molar-refractivity contribution < 1.29 is 14.3 Å². The van der Waals surface area contributed by atoms with Crippen molar-refractivity contribution in [3.8, 4) is 22.5 Å². The number of aromatic nitrogens is 2. The Morgan fingerprint density at radius 1 is 0.892 bits per heavy atom. The molecule has 6 rings (SSSR count). The number of rotatable bonds is 7. The monoisotopic (exact) mass is 486 g/mol. The van der Waals surface area contributed by atoms with Crippen LogP contribution >= 0.6 is 0 Å². The van der Waals surface area contributed by atoms with Crippen molar-refractivity contribution in [3.05, 3.63) is 114 Å². The van der Waals surface area contributed by atoms with Gasteiger partial charge < -0.3 is 14.1 Å². The molecule has 0 amide bonds. The molecule has 2 aromatic heterocycles. The fraction of sp³-hybridized carbons (Fsp3) is 0.125. The van der Waals surface area contributed by atoms with E-state index < -0.39 is 5.97 Å². The molecule has 0 aliphatic heterocycles. The highest BCUT2D eigenvalue weighted by molar-refractivity contribution is 5.96. The highest BCUT2D eigenvalue weighted by atomic mass is 16.4. The SMILES string of the molecule is CCCc1nc2ccc(-c3cc4ccccc4o3)cc2n1Cc1ccc(-c2ccccc2C(=O)O)cc1. The summed E-state index contributed by atoms with van der Waals surface area (Å²) in [4.78, 5) is 16.6. The molecule has 5 heteroatoms. The molecular weight excluding hydrogens is 460 g/mol. The summed E-state index contributed by atoms with van der Waals surface area (Å²) in [6.45, 7) is 2.84. The van der Waals surface area contributed by atoms with Gasteiger partial charge in [-0.05, 0) is 59.5 Å². The number of aryl methyl sites for hydroxylation is 1. The van der Waals surface area contributed by atoms with Crippen molar-refractivity contribution in [3.63, 3.8) is 0 Å². The molecular formula is C32H26N2O3. The Morgan fingerprint density at radius 2 is 1.65 bits per heavy atom. The number of hydrogen-bond donors (Lipinski definition) is 1. The van der Waals surface area contributed by atoms with Crippen LogP contribution in [0.4, 0.5) is 0 Å². The molecule has 0 saturated heterocycles. The lowest BCUT2D eigenvalue weighted by molar-refractivity contribution is 0.0697. The van der Waals surface area contributed by atoms with Crippen molar-refractivity contribution in [1.29, 1.82) is 0 Å². The van der Waals surface area contributed by atoms with Crippen LogP contribution in [0, 0.1) is 0 Å². The third kappa shape index (κ3) is 4.29. The Kier molecular flexibility index (Phi) is 5.81. The van der Waals surface area contributed by atoms with Crippen LogP contribution in [0.3, 0.4) is 0 Å². The summed E-state index contributed by atoms with van der Waals surface area (Å²) in [5.74, 6) is 0.975. The zero-order valence-electron chi connectivity index (χ0n) is 20.5. The molecule has 6 aromatic rings. The third-order valence-corrected chi connectivity index (χ3v) is 6.77. The lowest BCUT2D eigenvalue weighted by Gasteiger charge is -2.11. The third-order valence-electron chi connectivity index (χ3n) is 6.77. The van der Waals surface area contributed by atoms with Crippen LogP contribution in [-0.4, -0.2) is 20.6 Å². The van der Waals surface area contributed by atoms with Gasteiger partial charge in [-0.15, -0.1) is 0 Å². The van der Waals surface area contributed by atoms with Crippen LogP contribution in [0.25, 0.3) is 44.5 Å². The number of carboxylic acid groups (broad SMARTS) is 1. The lowest BCUT2D eigenvalue weighted by Crippen LogP contribution is -2.05. The van der Waals surface area contributed by atoms with E-state index in [1.54, 1.807) is 12.1 Å². The highest BCUT2D eigenvalue weighted by Gasteiger charge is 2.15. The van der Waals surface area contributed by atoms with Gasteiger partial charge in [0, 0.05) is 23.9 Å². The van der Waals surface area contributed by atoms with E-state index in [0.717, 1.165) is 68.7 Å². The van der Waals surface area contributed by atoms with Gasteiger partial charge in [-0.3, -0.25) is 0 Å². The number of carbonyl (C=O) groups is 1. The van der Waals surface area contributed by atoms with Gasteiger partial charge in [0.2, 0.25) is 0 Å². The van der Waals surface area contributed by atoms with E-state index in [1.807, 2.05) is 42.5 Å². The Hall–Kier alpha value is -4.64. The smallest absolute Gasteiger partial charge is 0.336 e. The number of hydrogen-bond acceptors (Lipinski definition) is 3. The molecule has 0 bridgehead atoms. The summed E-state index contributed by atoms with van der Waals surface area (Å²) in [6.07, 6.45) is 1.89. The molecule has 0 spiro atoms. The van der Waals surface area contributed by atoms with Crippen molar-refractivity contribution in [2.75, 3.05) is 0 Å². The van der Waals surface area contributed by atoms with E-state index in [2.05, 4.69) is 54.0 Å². The molecule has 4 aromatic carbocycles. The van der Waals surface area contributed by atoms with Gasteiger partial charge in [-0.25, -0.2) is 9.78 Å². The standard InChI is InChI=1S/C32H26N2O3/c1-2-7-31-33-27-17-16-24(30-19-23-8-3-6-11-29(23)37-30)18-28(27)34(31)20-21-12-14-22(15-13-21)25-9-4-5-10-26(25)32(35)36/h3-6,8-19H,2,7,20H2,1H3,(H,35,36). The maximum atomic E-state index is 11.7. The topological polar surface area (TPSA) is 68.3 Å². The van der Waals surface area contributed by atoms with E-state index >= 15 is 0 Å². The molecule has 0 unspecified atom stereocenters.